The summed E-state index contributed by atoms with van der Waals surface area (Å²) in [5.41, 5.74) is 1.54. The van der Waals surface area contributed by atoms with Crippen LogP contribution in [0.2, 0.25) is 0 Å². The molecule has 0 amide bonds. The number of halogens is 3. The fraction of sp³-hybridized carbons (Fsp3) is 0.304. The Morgan fingerprint density at radius 2 is 1.72 bits per heavy atom. The van der Waals surface area contributed by atoms with E-state index in [2.05, 4.69) is 16.3 Å². The molecule has 0 aliphatic carbocycles. The molecule has 0 spiro atoms. The van der Waals surface area contributed by atoms with Crippen LogP contribution in [0, 0.1) is 0 Å². The van der Waals surface area contributed by atoms with E-state index >= 15 is 0 Å². The second-order valence-electron chi connectivity index (χ2n) is 8.17. The van der Waals surface area contributed by atoms with E-state index in [1.54, 1.807) is 29.5 Å². The molecule has 9 heteroatoms. The average Bonchev–Trinajstić information content (AvgIpc) is 3.20. The number of rotatable bonds is 4. The van der Waals surface area contributed by atoms with Gasteiger partial charge in [-0.25, -0.2) is 8.42 Å². The van der Waals surface area contributed by atoms with Crippen LogP contribution in [0.25, 0.3) is 11.1 Å². The maximum atomic E-state index is 13.0. The van der Waals surface area contributed by atoms with Crippen LogP contribution in [0.3, 0.4) is 0 Å². The van der Waals surface area contributed by atoms with Crippen LogP contribution in [-0.2, 0) is 29.2 Å². The van der Waals surface area contributed by atoms with Crippen LogP contribution in [0.5, 0.6) is 0 Å². The Morgan fingerprint density at radius 3 is 2.44 bits per heavy atom. The third-order valence-corrected chi connectivity index (χ3v) is 9.07. The Hall–Kier alpha value is -2.20. The zero-order chi connectivity index (χ0) is 22.5. The summed E-state index contributed by atoms with van der Waals surface area (Å²) >= 11 is 1.78. The van der Waals surface area contributed by atoms with Gasteiger partial charge in [-0.3, -0.25) is 4.90 Å². The van der Waals surface area contributed by atoms with E-state index in [-0.39, 0.29) is 10.9 Å². The number of thiophene rings is 1. The van der Waals surface area contributed by atoms with Crippen molar-refractivity contribution in [2.75, 3.05) is 19.6 Å². The number of benzene rings is 2. The van der Waals surface area contributed by atoms with Crippen molar-refractivity contribution in [2.45, 2.75) is 30.1 Å². The minimum absolute atomic E-state index is 0.158. The van der Waals surface area contributed by atoms with Gasteiger partial charge in [-0.15, -0.1) is 11.3 Å². The number of hydrogen-bond acceptors (Lipinski definition) is 4. The first-order chi connectivity index (χ1) is 15.2. The Bertz CT molecular complexity index is 1230. The quantitative estimate of drug-likeness (QED) is 0.538. The Labute approximate surface area is 189 Å². The zero-order valence-corrected chi connectivity index (χ0v) is 18.7. The number of nitrogens with zero attached hydrogens (tertiary/aromatic N) is 2. The van der Waals surface area contributed by atoms with Crippen molar-refractivity contribution < 1.29 is 21.6 Å². The molecule has 1 saturated heterocycles. The molecule has 1 aromatic heterocycles. The van der Waals surface area contributed by atoms with E-state index in [4.69, 9.17) is 0 Å². The molecule has 0 atom stereocenters. The standard InChI is InChI=1S/C23H21F3N2O2S2/c24-23(25,26)19-3-1-2-17(12-19)16-4-6-21(7-5-16)32(29,30)28-14-20(15-28)27-10-8-22-18(13-27)9-11-31-22/h1-7,9,11-12,20H,8,10,13-15H2. The molecule has 5 rings (SSSR count). The van der Waals surface area contributed by atoms with Gasteiger partial charge in [-0.2, -0.15) is 17.5 Å². The van der Waals surface area contributed by atoms with Crippen LogP contribution in [-0.4, -0.2) is 43.3 Å². The Kier molecular flexibility index (Phi) is 5.40. The second kappa shape index (κ2) is 7.98. The predicted octanol–water partition coefficient (Wildman–Crippen LogP) is 4.87. The first kappa shape index (κ1) is 21.6. The minimum Gasteiger partial charge on any atom is -0.293 e. The van der Waals surface area contributed by atoms with Crippen LogP contribution >= 0.6 is 11.3 Å². The minimum atomic E-state index is -4.42. The molecule has 3 aromatic rings. The lowest BCUT2D eigenvalue weighted by Gasteiger charge is -2.45. The lowest BCUT2D eigenvalue weighted by Crippen LogP contribution is -2.61. The SMILES string of the molecule is O=S(=O)(c1ccc(-c2cccc(C(F)(F)F)c2)cc1)N1CC(N2CCc3sccc3C2)C1. The predicted molar refractivity (Wildman–Crippen MR) is 118 cm³/mol. The van der Waals surface area contributed by atoms with Crippen molar-refractivity contribution in [2.24, 2.45) is 0 Å². The van der Waals surface area contributed by atoms with Crippen molar-refractivity contribution in [3.63, 3.8) is 0 Å². The van der Waals surface area contributed by atoms with Crippen molar-refractivity contribution in [1.82, 2.24) is 9.21 Å². The first-order valence-electron chi connectivity index (χ1n) is 10.3. The molecular formula is C23H21F3N2O2S2. The van der Waals surface area contributed by atoms with Gasteiger partial charge in [-0.05, 0) is 58.8 Å². The van der Waals surface area contributed by atoms with Crippen molar-refractivity contribution in [3.8, 4) is 11.1 Å². The van der Waals surface area contributed by atoms with Crippen LogP contribution < -0.4 is 0 Å². The summed E-state index contributed by atoms with van der Waals surface area (Å²) in [5, 5.41) is 2.11. The highest BCUT2D eigenvalue weighted by Crippen LogP contribution is 2.33. The van der Waals surface area contributed by atoms with Gasteiger partial charge < -0.3 is 0 Å². The molecule has 4 nitrogen and oxygen atoms in total. The highest BCUT2D eigenvalue weighted by molar-refractivity contribution is 7.89. The molecule has 1 fully saturated rings. The Morgan fingerprint density at radius 1 is 0.969 bits per heavy atom. The van der Waals surface area contributed by atoms with Gasteiger partial charge in [0, 0.05) is 37.1 Å². The molecule has 168 valence electrons. The van der Waals surface area contributed by atoms with Crippen LogP contribution in [0.1, 0.15) is 16.0 Å². The molecule has 2 aliphatic rings. The summed E-state index contributed by atoms with van der Waals surface area (Å²) < 4.78 is 66.4. The van der Waals surface area contributed by atoms with Gasteiger partial charge in [0.05, 0.1) is 10.5 Å². The van der Waals surface area contributed by atoms with E-state index < -0.39 is 21.8 Å². The van der Waals surface area contributed by atoms with E-state index in [1.807, 2.05) is 0 Å². The second-order valence-corrected chi connectivity index (χ2v) is 11.1. The third-order valence-electron chi connectivity index (χ3n) is 6.20. The van der Waals surface area contributed by atoms with E-state index in [0.717, 1.165) is 31.6 Å². The van der Waals surface area contributed by atoms with Gasteiger partial charge in [0.25, 0.3) is 0 Å². The molecule has 3 heterocycles. The monoisotopic (exact) mass is 478 g/mol. The summed E-state index contributed by atoms with van der Waals surface area (Å²) in [7, 11) is -3.63. The first-order valence-corrected chi connectivity index (χ1v) is 12.6. The highest BCUT2D eigenvalue weighted by Gasteiger charge is 2.40. The molecule has 2 aliphatic heterocycles. The van der Waals surface area contributed by atoms with Gasteiger partial charge in [0.2, 0.25) is 10.0 Å². The fourth-order valence-electron chi connectivity index (χ4n) is 4.27. The summed E-state index contributed by atoms with van der Waals surface area (Å²) in [6.07, 6.45) is -3.42. The molecule has 0 bridgehead atoms. The molecule has 0 radical (unpaired) electrons. The van der Waals surface area contributed by atoms with Gasteiger partial charge in [0.1, 0.15) is 0 Å². The molecular weight excluding hydrogens is 457 g/mol. The Balaban J connectivity index is 1.27. The maximum absolute atomic E-state index is 13.0. The number of hydrogen-bond donors (Lipinski definition) is 0. The van der Waals surface area contributed by atoms with Crippen molar-refractivity contribution in [1.29, 1.82) is 0 Å². The lowest BCUT2D eigenvalue weighted by atomic mass is 10.0. The molecule has 0 saturated carbocycles. The smallest absolute Gasteiger partial charge is 0.293 e. The third kappa shape index (κ3) is 3.98. The number of sulfonamides is 1. The zero-order valence-electron chi connectivity index (χ0n) is 17.0. The van der Waals surface area contributed by atoms with E-state index in [0.29, 0.717) is 24.2 Å². The van der Waals surface area contributed by atoms with Crippen molar-refractivity contribution in [3.05, 3.63) is 76.0 Å². The fourth-order valence-corrected chi connectivity index (χ4v) is 6.67. The number of fused-ring (bicyclic) bond motifs is 1. The maximum Gasteiger partial charge on any atom is 0.416 e. The summed E-state index contributed by atoms with van der Waals surface area (Å²) in [5.74, 6) is 0. The topological polar surface area (TPSA) is 40.6 Å². The van der Waals surface area contributed by atoms with Crippen LogP contribution in [0.4, 0.5) is 13.2 Å². The molecule has 0 unspecified atom stereocenters. The highest BCUT2D eigenvalue weighted by atomic mass is 32.2. The summed E-state index contributed by atoms with van der Waals surface area (Å²) in [6.45, 7) is 2.72. The van der Waals surface area contributed by atoms with E-state index in [9.17, 15) is 21.6 Å². The summed E-state index contributed by atoms with van der Waals surface area (Å²) in [6, 6.07) is 13.4. The lowest BCUT2D eigenvalue weighted by molar-refractivity contribution is -0.137. The van der Waals surface area contributed by atoms with Gasteiger partial charge >= 0.3 is 6.18 Å². The summed E-state index contributed by atoms with van der Waals surface area (Å²) in [4.78, 5) is 3.93. The molecule has 32 heavy (non-hydrogen) atoms. The normalized spacial score (nSPS) is 18.3. The van der Waals surface area contributed by atoms with Crippen molar-refractivity contribution >= 4 is 21.4 Å². The van der Waals surface area contributed by atoms with Gasteiger partial charge in [-0.1, -0.05) is 24.3 Å². The molecule has 2 aromatic carbocycles. The van der Waals surface area contributed by atoms with Gasteiger partial charge in [0.15, 0.2) is 0 Å². The van der Waals surface area contributed by atoms with E-state index in [1.165, 1.54) is 32.9 Å². The average molecular weight is 479 g/mol. The molecule has 0 N–H and O–H groups in total. The number of alkyl halides is 3. The largest absolute Gasteiger partial charge is 0.416 e. The van der Waals surface area contributed by atoms with Crippen LogP contribution in [0.15, 0.2) is 64.9 Å².